The highest BCUT2D eigenvalue weighted by Crippen LogP contribution is 2.24. The van der Waals surface area contributed by atoms with Crippen molar-refractivity contribution >= 4 is 15.9 Å². The van der Waals surface area contributed by atoms with Crippen LogP contribution in [-0.2, 0) is 6.54 Å². The van der Waals surface area contributed by atoms with Crippen LogP contribution in [0.4, 0.5) is 0 Å². The van der Waals surface area contributed by atoms with E-state index >= 15 is 0 Å². The number of rotatable bonds is 3. The summed E-state index contributed by atoms with van der Waals surface area (Å²) in [6.07, 6.45) is 0. The molecule has 1 aliphatic heterocycles. The maximum atomic E-state index is 5.40. The molecule has 1 heterocycles. The summed E-state index contributed by atoms with van der Waals surface area (Å²) in [5.41, 5.74) is 1.26. The molecule has 3 nitrogen and oxygen atoms in total. The van der Waals surface area contributed by atoms with Crippen LogP contribution in [-0.4, -0.2) is 38.2 Å². The van der Waals surface area contributed by atoms with Gasteiger partial charge in [-0.05, 0) is 12.1 Å². The highest BCUT2D eigenvalue weighted by atomic mass is 79.9. The Balaban J connectivity index is 2.07. The second-order valence-electron chi connectivity index (χ2n) is 3.98. The van der Waals surface area contributed by atoms with Crippen LogP contribution in [0.5, 0.6) is 5.75 Å². The van der Waals surface area contributed by atoms with Gasteiger partial charge in [0, 0.05) is 42.8 Å². The third kappa shape index (κ3) is 2.97. The van der Waals surface area contributed by atoms with E-state index in [4.69, 9.17) is 4.74 Å². The molecule has 1 aromatic carbocycles. The molecule has 1 saturated heterocycles. The van der Waals surface area contributed by atoms with Crippen LogP contribution in [0.15, 0.2) is 22.7 Å². The Morgan fingerprint density at radius 1 is 1.38 bits per heavy atom. The zero-order chi connectivity index (χ0) is 11.4. The van der Waals surface area contributed by atoms with Gasteiger partial charge in [-0.15, -0.1) is 0 Å². The molecule has 1 fully saturated rings. The van der Waals surface area contributed by atoms with Crippen molar-refractivity contribution in [3.63, 3.8) is 0 Å². The summed E-state index contributed by atoms with van der Waals surface area (Å²) in [5, 5.41) is 3.36. The molecule has 0 atom stereocenters. The van der Waals surface area contributed by atoms with Crippen LogP contribution < -0.4 is 10.1 Å². The van der Waals surface area contributed by atoms with E-state index in [2.05, 4.69) is 38.3 Å². The number of nitrogens with zero attached hydrogens (tertiary/aromatic N) is 1. The average molecular weight is 285 g/mol. The number of ether oxygens (including phenoxy) is 1. The van der Waals surface area contributed by atoms with Gasteiger partial charge in [-0.1, -0.05) is 22.0 Å². The molecule has 0 unspecified atom stereocenters. The Morgan fingerprint density at radius 3 is 2.81 bits per heavy atom. The first kappa shape index (κ1) is 11.9. The van der Waals surface area contributed by atoms with Crippen molar-refractivity contribution in [2.24, 2.45) is 0 Å². The lowest BCUT2D eigenvalue weighted by molar-refractivity contribution is 0.230. The van der Waals surface area contributed by atoms with E-state index in [0.29, 0.717) is 0 Å². The molecule has 1 aromatic rings. The summed E-state index contributed by atoms with van der Waals surface area (Å²) in [6.45, 7) is 5.36. The Bertz CT molecular complexity index is 351. The average Bonchev–Trinajstić information content (AvgIpc) is 2.33. The number of benzene rings is 1. The SMILES string of the molecule is COc1cc(Br)ccc1CN1CCNCC1. The summed E-state index contributed by atoms with van der Waals surface area (Å²) in [7, 11) is 1.73. The fourth-order valence-corrected chi connectivity index (χ4v) is 2.30. The molecule has 0 bridgehead atoms. The van der Waals surface area contributed by atoms with E-state index < -0.39 is 0 Å². The van der Waals surface area contributed by atoms with Gasteiger partial charge in [-0.25, -0.2) is 0 Å². The monoisotopic (exact) mass is 284 g/mol. The Hall–Kier alpha value is -0.580. The molecule has 0 saturated carbocycles. The van der Waals surface area contributed by atoms with Crippen molar-refractivity contribution < 1.29 is 4.74 Å². The minimum atomic E-state index is 0.966. The van der Waals surface area contributed by atoms with Gasteiger partial charge >= 0.3 is 0 Å². The summed E-state index contributed by atoms with van der Waals surface area (Å²) >= 11 is 3.46. The summed E-state index contributed by atoms with van der Waals surface area (Å²) in [6, 6.07) is 6.22. The van der Waals surface area contributed by atoms with Crippen LogP contribution in [0.2, 0.25) is 0 Å². The van der Waals surface area contributed by atoms with E-state index in [0.717, 1.165) is 42.9 Å². The van der Waals surface area contributed by atoms with Crippen LogP contribution in [0.1, 0.15) is 5.56 Å². The molecule has 1 N–H and O–H groups in total. The Morgan fingerprint density at radius 2 is 2.12 bits per heavy atom. The third-order valence-electron chi connectivity index (χ3n) is 2.85. The first-order valence-corrected chi connectivity index (χ1v) is 6.34. The quantitative estimate of drug-likeness (QED) is 0.917. The zero-order valence-electron chi connectivity index (χ0n) is 9.50. The highest BCUT2D eigenvalue weighted by molar-refractivity contribution is 9.10. The molecular formula is C12H17BrN2O. The summed E-state index contributed by atoms with van der Waals surface area (Å²) < 4.78 is 6.46. The smallest absolute Gasteiger partial charge is 0.124 e. The van der Waals surface area contributed by atoms with Crippen LogP contribution in [0, 0.1) is 0 Å². The van der Waals surface area contributed by atoms with Gasteiger partial charge in [-0.3, -0.25) is 4.90 Å². The van der Waals surface area contributed by atoms with Gasteiger partial charge < -0.3 is 10.1 Å². The summed E-state index contributed by atoms with van der Waals surface area (Å²) in [5.74, 6) is 0.966. The molecule has 16 heavy (non-hydrogen) atoms. The van der Waals surface area contributed by atoms with E-state index in [9.17, 15) is 0 Å². The highest BCUT2D eigenvalue weighted by Gasteiger charge is 2.12. The molecule has 4 heteroatoms. The second-order valence-corrected chi connectivity index (χ2v) is 4.90. The molecule has 88 valence electrons. The van der Waals surface area contributed by atoms with E-state index in [-0.39, 0.29) is 0 Å². The van der Waals surface area contributed by atoms with Crippen LogP contribution in [0.25, 0.3) is 0 Å². The normalized spacial score (nSPS) is 17.4. The van der Waals surface area contributed by atoms with E-state index in [1.54, 1.807) is 7.11 Å². The van der Waals surface area contributed by atoms with E-state index in [1.165, 1.54) is 5.56 Å². The number of hydrogen-bond donors (Lipinski definition) is 1. The van der Waals surface area contributed by atoms with Crippen molar-refractivity contribution in [2.75, 3.05) is 33.3 Å². The topological polar surface area (TPSA) is 24.5 Å². The van der Waals surface area contributed by atoms with Gasteiger partial charge in [-0.2, -0.15) is 0 Å². The van der Waals surface area contributed by atoms with E-state index in [1.807, 2.05) is 6.07 Å². The first-order chi connectivity index (χ1) is 7.79. The van der Waals surface area contributed by atoms with Crippen molar-refractivity contribution in [3.8, 4) is 5.75 Å². The van der Waals surface area contributed by atoms with Crippen molar-refractivity contribution in [1.29, 1.82) is 0 Å². The predicted molar refractivity (Wildman–Crippen MR) is 68.8 cm³/mol. The minimum Gasteiger partial charge on any atom is -0.496 e. The lowest BCUT2D eigenvalue weighted by atomic mass is 10.2. The Kier molecular flexibility index (Phi) is 4.21. The molecule has 0 aliphatic carbocycles. The predicted octanol–water partition coefficient (Wildman–Crippen LogP) is 1.86. The van der Waals surface area contributed by atoms with Crippen LogP contribution >= 0.6 is 15.9 Å². The standard InChI is InChI=1S/C12H17BrN2O/c1-16-12-8-11(13)3-2-10(12)9-15-6-4-14-5-7-15/h2-3,8,14H,4-7,9H2,1H3. The van der Waals surface area contributed by atoms with Gasteiger partial charge in [0.25, 0.3) is 0 Å². The fraction of sp³-hybridized carbons (Fsp3) is 0.500. The fourth-order valence-electron chi connectivity index (χ4n) is 1.96. The zero-order valence-corrected chi connectivity index (χ0v) is 11.1. The molecule has 0 amide bonds. The first-order valence-electron chi connectivity index (χ1n) is 5.55. The van der Waals surface area contributed by atoms with Gasteiger partial charge in [0.15, 0.2) is 0 Å². The lowest BCUT2D eigenvalue weighted by Crippen LogP contribution is -2.42. The molecule has 0 aromatic heterocycles. The number of nitrogens with one attached hydrogen (secondary N) is 1. The summed E-state index contributed by atoms with van der Waals surface area (Å²) in [4.78, 5) is 2.45. The van der Waals surface area contributed by atoms with Crippen molar-refractivity contribution in [2.45, 2.75) is 6.54 Å². The molecule has 0 radical (unpaired) electrons. The van der Waals surface area contributed by atoms with Gasteiger partial charge in [0.05, 0.1) is 7.11 Å². The lowest BCUT2D eigenvalue weighted by Gasteiger charge is -2.27. The number of hydrogen-bond acceptors (Lipinski definition) is 3. The number of halogens is 1. The minimum absolute atomic E-state index is 0.966. The Labute approximate surface area is 105 Å². The molecular weight excluding hydrogens is 268 g/mol. The maximum Gasteiger partial charge on any atom is 0.124 e. The second kappa shape index (κ2) is 5.66. The van der Waals surface area contributed by atoms with Gasteiger partial charge in [0.2, 0.25) is 0 Å². The molecule has 2 rings (SSSR count). The van der Waals surface area contributed by atoms with Crippen molar-refractivity contribution in [3.05, 3.63) is 28.2 Å². The number of piperazine rings is 1. The maximum absolute atomic E-state index is 5.40. The number of methoxy groups -OCH3 is 1. The third-order valence-corrected chi connectivity index (χ3v) is 3.35. The largest absolute Gasteiger partial charge is 0.496 e. The van der Waals surface area contributed by atoms with Crippen molar-refractivity contribution in [1.82, 2.24) is 10.2 Å². The van der Waals surface area contributed by atoms with Crippen LogP contribution in [0.3, 0.4) is 0 Å². The molecule has 1 aliphatic rings. The molecule has 0 spiro atoms. The van der Waals surface area contributed by atoms with Gasteiger partial charge in [0.1, 0.15) is 5.75 Å².